The summed E-state index contributed by atoms with van der Waals surface area (Å²) < 4.78 is 0. The van der Waals surface area contributed by atoms with Crippen LogP contribution < -0.4 is 5.32 Å². The van der Waals surface area contributed by atoms with Crippen LogP contribution in [0.5, 0.6) is 0 Å². The molecule has 18 heavy (non-hydrogen) atoms. The molecule has 0 atom stereocenters. The van der Waals surface area contributed by atoms with Crippen LogP contribution in [0.15, 0.2) is 67.0 Å². The normalized spacial score (nSPS) is 10.4. The molecule has 0 saturated carbocycles. The van der Waals surface area contributed by atoms with Gasteiger partial charge in [-0.25, -0.2) is 0 Å². The van der Waals surface area contributed by atoms with Gasteiger partial charge in [0.2, 0.25) is 0 Å². The number of hydrogen-bond donors (Lipinski definition) is 1. The van der Waals surface area contributed by atoms with E-state index >= 15 is 0 Å². The zero-order chi connectivity index (χ0) is 12.2. The maximum Gasteiger partial charge on any atom is 0.0401 e. The summed E-state index contributed by atoms with van der Waals surface area (Å²) in [6, 6.07) is 18.9. The van der Waals surface area contributed by atoms with E-state index in [1.54, 1.807) is 12.4 Å². The SMILES string of the molecule is c1ccc2cc(CNc3ccncc3)ccc2c1. The van der Waals surface area contributed by atoms with E-state index in [0.717, 1.165) is 12.2 Å². The Morgan fingerprint density at radius 2 is 1.61 bits per heavy atom. The first kappa shape index (κ1) is 10.8. The quantitative estimate of drug-likeness (QED) is 0.744. The second-order valence-corrected chi connectivity index (χ2v) is 4.27. The molecule has 0 unspecified atom stereocenters. The molecule has 0 bridgehead atoms. The van der Waals surface area contributed by atoms with Crippen LogP contribution in [0.2, 0.25) is 0 Å². The molecule has 0 saturated heterocycles. The third-order valence-electron chi connectivity index (χ3n) is 2.99. The van der Waals surface area contributed by atoms with Crippen LogP contribution in [-0.4, -0.2) is 4.98 Å². The maximum atomic E-state index is 4.00. The molecule has 88 valence electrons. The topological polar surface area (TPSA) is 24.9 Å². The standard InChI is InChI=1S/C16H14N2/c1-2-4-15-11-13(5-6-14(15)3-1)12-18-16-7-9-17-10-8-16/h1-11H,12H2,(H,17,18). The molecule has 1 N–H and O–H groups in total. The molecule has 0 spiro atoms. The lowest BCUT2D eigenvalue weighted by Crippen LogP contribution is -1.99. The van der Waals surface area contributed by atoms with E-state index in [-0.39, 0.29) is 0 Å². The van der Waals surface area contributed by atoms with Crippen LogP contribution in [0.25, 0.3) is 10.8 Å². The van der Waals surface area contributed by atoms with Gasteiger partial charge < -0.3 is 5.32 Å². The monoisotopic (exact) mass is 234 g/mol. The fraction of sp³-hybridized carbons (Fsp3) is 0.0625. The molecule has 2 heteroatoms. The van der Waals surface area contributed by atoms with Crippen molar-refractivity contribution in [2.45, 2.75) is 6.54 Å². The van der Waals surface area contributed by atoms with Gasteiger partial charge in [-0.3, -0.25) is 4.98 Å². The highest BCUT2D eigenvalue weighted by atomic mass is 14.9. The fourth-order valence-electron chi connectivity index (χ4n) is 2.02. The van der Waals surface area contributed by atoms with Crippen molar-refractivity contribution in [3.63, 3.8) is 0 Å². The van der Waals surface area contributed by atoms with E-state index in [9.17, 15) is 0 Å². The van der Waals surface area contributed by atoms with Gasteiger partial charge in [-0.05, 0) is 34.5 Å². The van der Waals surface area contributed by atoms with E-state index in [4.69, 9.17) is 0 Å². The third kappa shape index (κ3) is 2.33. The van der Waals surface area contributed by atoms with Crippen molar-refractivity contribution in [2.24, 2.45) is 0 Å². The van der Waals surface area contributed by atoms with Gasteiger partial charge in [0, 0.05) is 24.6 Å². The van der Waals surface area contributed by atoms with E-state index in [2.05, 4.69) is 52.8 Å². The van der Waals surface area contributed by atoms with E-state index in [0.29, 0.717) is 0 Å². The minimum absolute atomic E-state index is 0.828. The van der Waals surface area contributed by atoms with Crippen molar-refractivity contribution in [3.05, 3.63) is 72.6 Å². The second-order valence-electron chi connectivity index (χ2n) is 4.27. The minimum atomic E-state index is 0.828. The maximum absolute atomic E-state index is 4.00. The number of hydrogen-bond acceptors (Lipinski definition) is 2. The van der Waals surface area contributed by atoms with Gasteiger partial charge in [0.1, 0.15) is 0 Å². The van der Waals surface area contributed by atoms with E-state index in [1.807, 2.05) is 12.1 Å². The predicted octanol–water partition coefficient (Wildman–Crippen LogP) is 3.85. The Morgan fingerprint density at radius 1 is 0.833 bits per heavy atom. The average molecular weight is 234 g/mol. The van der Waals surface area contributed by atoms with Crippen molar-refractivity contribution in [1.82, 2.24) is 4.98 Å². The smallest absolute Gasteiger partial charge is 0.0401 e. The minimum Gasteiger partial charge on any atom is -0.381 e. The molecule has 3 aromatic rings. The molecule has 0 aliphatic heterocycles. The highest BCUT2D eigenvalue weighted by Crippen LogP contribution is 2.16. The van der Waals surface area contributed by atoms with Crippen LogP contribution in [-0.2, 0) is 6.54 Å². The molecule has 1 heterocycles. The highest BCUT2D eigenvalue weighted by molar-refractivity contribution is 5.83. The molecule has 2 aromatic carbocycles. The molecule has 1 aromatic heterocycles. The Hall–Kier alpha value is -2.35. The first-order valence-corrected chi connectivity index (χ1v) is 6.03. The largest absolute Gasteiger partial charge is 0.381 e. The molecule has 0 fully saturated rings. The van der Waals surface area contributed by atoms with Crippen LogP contribution >= 0.6 is 0 Å². The molecule has 0 aliphatic rings. The zero-order valence-corrected chi connectivity index (χ0v) is 10.0. The number of fused-ring (bicyclic) bond motifs is 1. The van der Waals surface area contributed by atoms with E-state index in [1.165, 1.54) is 16.3 Å². The Morgan fingerprint density at radius 3 is 2.44 bits per heavy atom. The molecule has 3 rings (SSSR count). The lowest BCUT2D eigenvalue weighted by Gasteiger charge is -2.07. The Kier molecular flexibility index (Phi) is 2.92. The van der Waals surface area contributed by atoms with Crippen molar-refractivity contribution in [2.75, 3.05) is 5.32 Å². The van der Waals surface area contributed by atoms with Crippen molar-refractivity contribution in [3.8, 4) is 0 Å². The van der Waals surface area contributed by atoms with Crippen LogP contribution in [0, 0.1) is 0 Å². The Balaban J connectivity index is 1.79. The van der Waals surface area contributed by atoms with Gasteiger partial charge >= 0.3 is 0 Å². The lowest BCUT2D eigenvalue weighted by atomic mass is 10.1. The van der Waals surface area contributed by atoms with Gasteiger partial charge in [0.25, 0.3) is 0 Å². The third-order valence-corrected chi connectivity index (χ3v) is 2.99. The first-order chi connectivity index (χ1) is 8.92. The van der Waals surface area contributed by atoms with Crippen molar-refractivity contribution < 1.29 is 0 Å². The summed E-state index contributed by atoms with van der Waals surface area (Å²) in [4.78, 5) is 4.00. The van der Waals surface area contributed by atoms with Gasteiger partial charge in [0.05, 0.1) is 0 Å². The highest BCUT2D eigenvalue weighted by Gasteiger charge is 1.96. The fourth-order valence-corrected chi connectivity index (χ4v) is 2.02. The summed E-state index contributed by atoms with van der Waals surface area (Å²) in [6.45, 7) is 0.828. The van der Waals surface area contributed by atoms with Crippen LogP contribution in [0.3, 0.4) is 0 Å². The number of anilines is 1. The molecule has 2 nitrogen and oxygen atoms in total. The summed E-state index contributed by atoms with van der Waals surface area (Å²) in [6.07, 6.45) is 3.59. The number of nitrogens with zero attached hydrogens (tertiary/aromatic N) is 1. The van der Waals surface area contributed by atoms with Crippen LogP contribution in [0.1, 0.15) is 5.56 Å². The lowest BCUT2D eigenvalue weighted by molar-refractivity contribution is 1.15. The second kappa shape index (κ2) is 4.88. The zero-order valence-electron chi connectivity index (χ0n) is 10.0. The molecular formula is C16H14N2. The molecule has 0 aliphatic carbocycles. The summed E-state index contributed by atoms with van der Waals surface area (Å²) in [5.74, 6) is 0. The summed E-state index contributed by atoms with van der Waals surface area (Å²) in [5.41, 5.74) is 2.38. The predicted molar refractivity (Wildman–Crippen MR) is 75.5 cm³/mol. The summed E-state index contributed by atoms with van der Waals surface area (Å²) in [5, 5.41) is 5.95. The number of rotatable bonds is 3. The van der Waals surface area contributed by atoms with Gasteiger partial charge in [-0.15, -0.1) is 0 Å². The first-order valence-electron chi connectivity index (χ1n) is 6.03. The number of nitrogens with one attached hydrogen (secondary N) is 1. The molecule has 0 amide bonds. The van der Waals surface area contributed by atoms with Crippen molar-refractivity contribution in [1.29, 1.82) is 0 Å². The number of pyridine rings is 1. The summed E-state index contributed by atoms with van der Waals surface area (Å²) in [7, 11) is 0. The summed E-state index contributed by atoms with van der Waals surface area (Å²) >= 11 is 0. The number of benzene rings is 2. The van der Waals surface area contributed by atoms with Crippen molar-refractivity contribution >= 4 is 16.5 Å². The van der Waals surface area contributed by atoms with Gasteiger partial charge in [-0.1, -0.05) is 36.4 Å². The molecule has 0 radical (unpaired) electrons. The number of aromatic nitrogens is 1. The van der Waals surface area contributed by atoms with Gasteiger partial charge in [0.15, 0.2) is 0 Å². The Labute approximate surface area is 106 Å². The van der Waals surface area contributed by atoms with E-state index < -0.39 is 0 Å². The van der Waals surface area contributed by atoms with Gasteiger partial charge in [-0.2, -0.15) is 0 Å². The average Bonchev–Trinajstić information content (AvgIpc) is 2.46. The Bertz CT molecular complexity index is 647. The molecular weight excluding hydrogens is 220 g/mol. The van der Waals surface area contributed by atoms with Crippen LogP contribution in [0.4, 0.5) is 5.69 Å².